The van der Waals surface area contributed by atoms with Gasteiger partial charge in [0.2, 0.25) is 0 Å². The molecule has 1 spiro atoms. The lowest BCUT2D eigenvalue weighted by Gasteiger charge is -2.63. The van der Waals surface area contributed by atoms with Crippen LogP contribution in [0.1, 0.15) is 71.1 Å². The van der Waals surface area contributed by atoms with E-state index in [1.807, 2.05) is 6.20 Å². The van der Waals surface area contributed by atoms with E-state index < -0.39 is 18.0 Å². The molecule has 4 aliphatic carbocycles. The van der Waals surface area contributed by atoms with Crippen LogP contribution in [0.2, 0.25) is 0 Å². The van der Waals surface area contributed by atoms with E-state index in [1.165, 1.54) is 18.4 Å². The van der Waals surface area contributed by atoms with Crippen molar-refractivity contribution in [2.24, 2.45) is 52.3 Å². The summed E-state index contributed by atoms with van der Waals surface area (Å²) < 4.78 is 13.3. The molecule has 6 aliphatic rings. The molecule has 1 aromatic heterocycles. The van der Waals surface area contributed by atoms with Crippen molar-refractivity contribution in [3.05, 3.63) is 17.5 Å². The summed E-state index contributed by atoms with van der Waals surface area (Å²) in [6, 6.07) is 0. The number of aliphatic hydroxyl groups excluding tert-OH is 2. The number of aromatic amines is 1. The molecule has 3 saturated carbocycles. The van der Waals surface area contributed by atoms with Gasteiger partial charge in [0.25, 0.3) is 0 Å². The quantitative estimate of drug-likeness (QED) is 0.538. The molecule has 6 nitrogen and oxygen atoms in total. The summed E-state index contributed by atoms with van der Waals surface area (Å²) in [6.45, 7) is 10.3. The van der Waals surface area contributed by atoms with E-state index >= 15 is 0 Å². The average Bonchev–Trinajstić information content (AvgIpc) is 3.45. The number of H-pyrrole nitrogens is 1. The lowest BCUT2D eigenvalue weighted by Crippen LogP contribution is -2.64. The zero-order chi connectivity index (χ0) is 23.6. The zero-order valence-corrected chi connectivity index (χ0v) is 21.2. The van der Waals surface area contributed by atoms with Crippen molar-refractivity contribution in [1.29, 1.82) is 0 Å². The minimum absolute atomic E-state index is 0.00443. The van der Waals surface area contributed by atoms with Gasteiger partial charge in [0.05, 0.1) is 31.1 Å². The Balaban J connectivity index is 1.22. The van der Waals surface area contributed by atoms with Gasteiger partial charge in [0.15, 0.2) is 5.79 Å². The average molecular weight is 471 g/mol. The molecule has 6 heteroatoms. The largest absolute Gasteiger partial charge is 0.390 e. The summed E-state index contributed by atoms with van der Waals surface area (Å²) in [5, 5.41) is 30.6. The third kappa shape index (κ3) is 2.64. The summed E-state index contributed by atoms with van der Waals surface area (Å²) in [7, 11) is 0. The SMILES string of the molecule is CC1CC[C@@]2(OC1)O[C@H]1C[C@H]3[C@@H]4[C@@H](O)[C@H](O)[C@H]5Cc6[nH]ncc6C[C@]5(C)[C@H]4CC[C@]3(C)[C@H]1[C@@H]2C. The van der Waals surface area contributed by atoms with Crippen LogP contribution < -0.4 is 0 Å². The first-order chi connectivity index (χ1) is 16.2. The maximum Gasteiger partial charge on any atom is 0.171 e. The molecule has 2 saturated heterocycles. The van der Waals surface area contributed by atoms with Gasteiger partial charge in [-0.25, -0.2) is 0 Å². The highest BCUT2D eigenvalue weighted by atomic mass is 16.7. The second-order valence-corrected chi connectivity index (χ2v) is 13.7. The number of nitrogens with zero attached hydrogens (tertiary/aromatic N) is 1. The lowest BCUT2D eigenvalue weighted by molar-refractivity contribution is -0.275. The Kier molecular flexibility index (Phi) is 4.64. The molecule has 2 aliphatic heterocycles. The summed E-state index contributed by atoms with van der Waals surface area (Å²) in [6.07, 6.45) is 8.07. The molecule has 34 heavy (non-hydrogen) atoms. The Morgan fingerprint density at radius 3 is 2.62 bits per heavy atom. The fourth-order valence-electron chi connectivity index (χ4n) is 10.5. The molecule has 0 radical (unpaired) electrons. The van der Waals surface area contributed by atoms with Crippen LogP contribution in [0.15, 0.2) is 6.20 Å². The first-order valence-electron chi connectivity index (χ1n) is 13.9. The maximum absolute atomic E-state index is 11.6. The van der Waals surface area contributed by atoms with Crippen LogP contribution in [0.3, 0.4) is 0 Å². The van der Waals surface area contributed by atoms with Crippen molar-refractivity contribution in [3.8, 4) is 0 Å². The molecule has 7 rings (SSSR count). The molecular formula is C28H42N2O4. The Morgan fingerprint density at radius 2 is 1.85 bits per heavy atom. The van der Waals surface area contributed by atoms with E-state index in [0.717, 1.165) is 44.4 Å². The molecule has 188 valence electrons. The fourth-order valence-corrected chi connectivity index (χ4v) is 10.5. The second-order valence-electron chi connectivity index (χ2n) is 13.7. The van der Waals surface area contributed by atoms with Crippen LogP contribution in [0.4, 0.5) is 0 Å². The van der Waals surface area contributed by atoms with Crippen LogP contribution in [-0.2, 0) is 22.3 Å². The number of nitrogens with one attached hydrogen (secondary N) is 1. The maximum atomic E-state index is 11.6. The first kappa shape index (κ1) is 22.3. The van der Waals surface area contributed by atoms with Gasteiger partial charge in [-0.3, -0.25) is 5.10 Å². The predicted octanol–water partition coefficient (Wildman–Crippen LogP) is 3.71. The molecule has 0 aromatic carbocycles. The molecule has 13 atom stereocenters. The smallest absolute Gasteiger partial charge is 0.171 e. The normalized spacial score (nSPS) is 58.1. The topological polar surface area (TPSA) is 87.6 Å². The van der Waals surface area contributed by atoms with E-state index in [2.05, 4.69) is 37.9 Å². The van der Waals surface area contributed by atoms with Crippen molar-refractivity contribution in [1.82, 2.24) is 10.2 Å². The Labute approximate surface area is 203 Å². The van der Waals surface area contributed by atoms with E-state index in [9.17, 15) is 10.2 Å². The van der Waals surface area contributed by atoms with Crippen LogP contribution in [0.5, 0.6) is 0 Å². The number of aliphatic hydroxyl groups is 2. The molecule has 0 amide bonds. The highest BCUT2D eigenvalue weighted by molar-refractivity contribution is 5.28. The van der Waals surface area contributed by atoms with Crippen molar-refractivity contribution in [3.63, 3.8) is 0 Å². The van der Waals surface area contributed by atoms with E-state index in [4.69, 9.17) is 9.47 Å². The van der Waals surface area contributed by atoms with Crippen LogP contribution in [0, 0.1) is 52.3 Å². The first-order valence-corrected chi connectivity index (χ1v) is 13.9. The molecule has 5 fully saturated rings. The predicted molar refractivity (Wildman–Crippen MR) is 127 cm³/mol. The van der Waals surface area contributed by atoms with E-state index in [-0.39, 0.29) is 28.8 Å². The number of hydrogen-bond donors (Lipinski definition) is 3. The van der Waals surface area contributed by atoms with Gasteiger partial charge in [-0.1, -0.05) is 27.7 Å². The molecule has 3 heterocycles. The molecule has 3 N–H and O–H groups in total. The van der Waals surface area contributed by atoms with Crippen molar-refractivity contribution >= 4 is 0 Å². The van der Waals surface area contributed by atoms with Gasteiger partial charge in [-0.2, -0.15) is 5.10 Å². The summed E-state index contributed by atoms with van der Waals surface area (Å²) in [5.74, 6) is 2.06. The molecular weight excluding hydrogens is 428 g/mol. The van der Waals surface area contributed by atoms with E-state index in [1.54, 1.807) is 0 Å². The Hall–Kier alpha value is -0.950. The minimum Gasteiger partial charge on any atom is -0.390 e. The van der Waals surface area contributed by atoms with Gasteiger partial charge in [-0.05, 0) is 90.4 Å². The highest BCUT2D eigenvalue weighted by Crippen LogP contribution is 2.71. The number of aromatic nitrogens is 2. The van der Waals surface area contributed by atoms with Crippen molar-refractivity contribution in [2.45, 2.75) is 96.7 Å². The van der Waals surface area contributed by atoms with Crippen LogP contribution >= 0.6 is 0 Å². The highest BCUT2D eigenvalue weighted by Gasteiger charge is 2.71. The molecule has 1 unspecified atom stereocenters. The fraction of sp³-hybridized carbons (Fsp3) is 0.893. The zero-order valence-electron chi connectivity index (χ0n) is 21.2. The summed E-state index contributed by atoms with van der Waals surface area (Å²) in [4.78, 5) is 0. The summed E-state index contributed by atoms with van der Waals surface area (Å²) in [5.41, 5.74) is 2.58. The van der Waals surface area contributed by atoms with Crippen LogP contribution in [0.25, 0.3) is 0 Å². The number of rotatable bonds is 0. The van der Waals surface area contributed by atoms with Gasteiger partial charge < -0.3 is 19.7 Å². The lowest BCUT2D eigenvalue weighted by atomic mass is 9.43. The van der Waals surface area contributed by atoms with Gasteiger partial charge in [0.1, 0.15) is 0 Å². The molecule has 0 bridgehead atoms. The van der Waals surface area contributed by atoms with Gasteiger partial charge in [0, 0.05) is 18.0 Å². The number of fused-ring (bicyclic) bond motifs is 8. The van der Waals surface area contributed by atoms with Gasteiger partial charge in [-0.15, -0.1) is 0 Å². The van der Waals surface area contributed by atoms with Crippen LogP contribution in [-0.4, -0.2) is 51.1 Å². The Morgan fingerprint density at radius 1 is 1.03 bits per heavy atom. The van der Waals surface area contributed by atoms with Crippen molar-refractivity contribution in [2.75, 3.05) is 6.61 Å². The van der Waals surface area contributed by atoms with Crippen molar-refractivity contribution < 1.29 is 19.7 Å². The third-order valence-electron chi connectivity index (χ3n) is 12.3. The standard InChI is InChI=1S/C28H42N2O4/c1-14-5-8-28(33-13-14)15(2)23-21(34-28)10-18-22-17(6-7-26(18,23)3)27(4)11-16-12-29-30-20(16)9-19(27)24(31)25(22)32/h12,14-15,17-19,21-25,31-32H,5-11,13H2,1-4H3,(H,29,30)/t14?,15-,17-,18-,19+,21-,22+,23-,24+,25+,26-,27+,28+/m0/s1. The monoisotopic (exact) mass is 470 g/mol. The number of hydrogen-bond acceptors (Lipinski definition) is 5. The van der Waals surface area contributed by atoms with Gasteiger partial charge >= 0.3 is 0 Å². The minimum atomic E-state index is -0.682. The van der Waals surface area contributed by atoms with E-state index in [0.29, 0.717) is 29.6 Å². The summed E-state index contributed by atoms with van der Waals surface area (Å²) >= 11 is 0. The molecule has 1 aromatic rings. The third-order valence-corrected chi connectivity index (χ3v) is 12.3. The number of ether oxygens (including phenoxy) is 2. The Bertz CT molecular complexity index is 971. The second kappa shape index (κ2) is 7.08.